The topological polar surface area (TPSA) is 66.4 Å². The molecule has 0 aliphatic heterocycles. The fourth-order valence-electron chi connectivity index (χ4n) is 0.692. The zero-order valence-electron chi connectivity index (χ0n) is 7.87. The third-order valence-corrected chi connectivity index (χ3v) is 2.10. The molecule has 2 N–H and O–H groups in total. The minimum atomic E-state index is -0.583. The molecule has 1 amide bonds. The third kappa shape index (κ3) is 9.36. The maximum absolute atomic E-state index is 11.0. The minimum Gasteiger partial charge on any atom is -0.393 e. The maximum Gasteiger partial charge on any atom is 0.216 e. The van der Waals surface area contributed by atoms with Crippen LogP contribution in [0, 0.1) is 0 Å². The first-order valence-electron chi connectivity index (χ1n) is 4.10. The van der Waals surface area contributed by atoms with Crippen molar-refractivity contribution in [3.05, 3.63) is 0 Å². The van der Waals surface area contributed by atoms with E-state index in [-0.39, 0.29) is 17.4 Å². The molecule has 76 valence electrons. The average molecular weight is 205 g/mol. The van der Waals surface area contributed by atoms with E-state index in [1.54, 1.807) is 6.92 Å². The number of nitrogens with one attached hydrogen (secondary N) is 1. The molecule has 0 aliphatic carbocycles. The first kappa shape index (κ1) is 12.4. The number of rotatable bonds is 5. The molecule has 0 heterocycles. The highest BCUT2D eigenvalue weighted by atomic mass is 32.2. The van der Waals surface area contributed by atoms with Gasteiger partial charge in [0.2, 0.25) is 5.91 Å². The Morgan fingerprint density at radius 1 is 1.54 bits per heavy atom. The van der Waals surface area contributed by atoms with Gasteiger partial charge in [-0.1, -0.05) is 11.8 Å². The van der Waals surface area contributed by atoms with Gasteiger partial charge in [-0.05, 0) is 6.92 Å². The zero-order chi connectivity index (χ0) is 10.3. The Hall–Kier alpha value is -0.550. The summed E-state index contributed by atoms with van der Waals surface area (Å²) in [4.78, 5) is 21.4. The van der Waals surface area contributed by atoms with E-state index in [2.05, 4.69) is 5.32 Å². The quantitative estimate of drug-likeness (QED) is 0.627. The number of carbonyl (C=O) groups excluding carboxylic acids is 2. The van der Waals surface area contributed by atoms with Crippen molar-refractivity contribution in [3.8, 4) is 0 Å². The second kappa shape index (κ2) is 6.91. The lowest BCUT2D eigenvalue weighted by atomic mass is 10.3. The Labute approximate surface area is 82.1 Å². The molecular weight excluding hydrogens is 190 g/mol. The molecule has 0 aromatic heterocycles. The molecule has 5 heteroatoms. The molecule has 0 unspecified atom stereocenters. The molecule has 0 bridgehead atoms. The molecule has 1 atom stereocenters. The lowest BCUT2D eigenvalue weighted by Gasteiger charge is -2.03. The molecule has 0 rings (SSSR count). The monoisotopic (exact) mass is 205 g/mol. The van der Waals surface area contributed by atoms with Gasteiger partial charge in [0.15, 0.2) is 5.12 Å². The first-order valence-corrected chi connectivity index (χ1v) is 5.09. The van der Waals surface area contributed by atoms with Crippen molar-refractivity contribution >= 4 is 22.8 Å². The molecule has 0 aliphatic rings. The van der Waals surface area contributed by atoms with Gasteiger partial charge in [0, 0.05) is 25.6 Å². The number of amides is 1. The standard InChI is InChI=1S/C8H15NO3S/c1-6(10)5-8(12)13-4-3-9-7(2)11/h6,10H,3-5H2,1-2H3,(H,9,11)/t6-/m0/s1. The van der Waals surface area contributed by atoms with Crippen LogP contribution in [0.4, 0.5) is 0 Å². The smallest absolute Gasteiger partial charge is 0.216 e. The number of hydrogen-bond donors (Lipinski definition) is 2. The highest BCUT2D eigenvalue weighted by molar-refractivity contribution is 8.13. The zero-order valence-corrected chi connectivity index (χ0v) is 8.69. The molecule has 0 radical (unpaired) electrons. The molecule has 13 heavy (non-hydrogen) atoms. The van der Waals surface area contributed by atoms with Gasteiger partial charge in [0.05, 0.1) is 6.10 Å². The van der Waals surface area contributed by atoms with Gasteiger partial charge in [0.25, 0.3) is 0 Å². The molecule has 0 fully saturated rings. The van der Waals surface area contributed by atoms with Gasteiger partial charge in [-0.2, -0.15) is 0 Å². The Morgan fingerprint density at radius 2 is 2.15 bits per heavy atom. The summed E-state index contributed by atoms with van der Waals surface area (Å²) in [7, 11) is 0. The van der Waals surface area contributed by atoms with E-state index in [9.17, 15) is 9.59 Å². The van der Waals surface area contributed by atoms with Crippen molar-refractivity contribution in [2.24, 2.45) is 0 Å². The lowest BCUT2D eigenvalue weighted by molar-refractivity contribution is -0.119. The number of carbonyl (C=O) groups is 2. The van der Waals surface area contributed by atoms with Gasteiger partial charge in [0.1, 0.15) is 0 Å². The summed E-state index contributed by atoms with van der Waals surface area (Å²) in [6, 6.07) is 0. The summed E-state index contributed by atoms with van der Waals surface area (Å²) in [5.41, 5.74) is 0. The Kier molecular flexibility index (Phi) is 6.62. The highest BCUT2D eigenvalue weighted by Crippen LogP contribution is 2.06. The van der Waals surface area contributed by atoms with E-state index in [4.69, 9.17) is 5.11 Å². The predicted octanol–water partition coefficient (Wildman–Crippen LogP) is 0.153. The SMILES string of the molecule is CC(=O)NCCSC(=O)C[C@H](C)O. The molecule has 0 saturated heterocycles. The minimum absolute atomic E-state index is 0.0413. The van der Waals surface area contributed by atoms with Gasteiger partial charge in [-0.25, -0.2) is 0 Å². The second-order valence-electron chi connectivity index (χ2n) is 2.76. The van der Waals surface area contributed by atoms with Crippen molar-refractivity contribution < 1.29 is 14.7 Å². The summed E-state index contributed by atoms with van der Waals surface area (Å²) in [5.74, 6) is 0.467. The lowest BCUT2D eigenvalue weighted by Crippen LogP contribution is -2.23. The van der Waals surface area contributed by atoms with Crippen LogP contribution < -0.4 is 5.32 Å². The van der Waals surface area contributed by atoms with Crippen LogP contribution in [0.25, 0.3) is 0 Å². The molecule has 0 aromatic rings. The Bertz CT molecular complexity index is 182. The number of aliphatic hydroxyl groups excluding tert-OH is 1. The normalized spacial score (nSPS) is 12.2. The van der Waals surface area contributed by atoms with Crippen molar-refractivity contribution in [3.63, 3.8) is 0 Å². The Morgan fingerprint density at radius 3 is 2.62 bits per heavy atom. The van der Waals surface area contributed by atoms with Crippen LogP contribution in [0.1, 0.15) is 20.3 Å². The fourth-order valence-corrected chi connectivity index (χ4v) is 1.48. The number of aliphatic hydroxyl groups is 1. The first-order chi connectivity index (χ1) is 6.02. The predicted molar refractivity (Wildman–Crippen MR) is 52.4 cm³/mol. The maximum atomic E-state index is 11.0. The largest absolute Gasteiger partial charge is 0.393 e. The molecular formula is C8H15NO3S. The van der Waals surface area contributed by atoms with Crippen molar-refractivity contribution in [2.75, 3.05) is 12.3 Å². The number of hydrogen-bond acceptors (Lipinski definition) is 4. The molecule has 0 aromatic carbocycles. The van der Waals surface area contributed by atoms with Gasteiger partial charge in [-0.3, -0.25) is 9.59 Å². The summed E-state index contributed by atoms with van der Waals surface area (Å²) in [6.07, 6.45) is -0.411. The van der Waals surface area contributed by atoms with E-state index in [1.807, 2.05) is 0 Å². The van der Waals surface area contributed by atoms with Crippen LogP contribution in [0.15, 0.2) is 0 Å². The number of thioether (sulfide) groups is 1. The van der Waals surface area contributed by atoms with Gasteiger partial charge in [-0.15, -0.1) is 0 Å². The Balaban J connectivity index is 3.32. The van der Waals surface area contributed by atoms with E-state index >= 15 is 0 Å². The van der Waals surface area contributed by atoms with E-state index in [0.29, 0.717) is 12.3 Å². The summed E-state index contributed by atoms with van der Waals surface area (Å²) in [6.45, 7) is 3.50. The van der Waals surface area contributed by atoms with Crippen molar-refractivity contribution in [2.45, 2.75) is 26.4 Å². The summed E-state index contributed by atoms with van der Waals surface area (Å²) in [5, 5.41) is 11.4. The highest BCUT2D eigenvalue weighted by Gasteiger charge is 2.06. The van der Waals surface area contributed by atoms with Crippen molar-refractivity contribution in [1.29, 1.82) is 0 Å². The third-order valence-electron chi connectivity index (χ3n) is 1.20. The summed E-state index contributed by atoms with van der Waals surface area (Å²) >= 11 is 1.13. The molecule has 0 spiro atoms. The molecule has 4 nitrogen and oxygen atoms in total. The van der Waals surface area contributed by atoms with Gasteiger partial charge < -0.3 is 10.4 Å². The van der Waals surface area contributed by atoms with Crippen LogP contribution in [-0.4, -0.2) is 34.5 Å². The van der Waals surface area contributed by atoms with Crippen LogP contribution in [0.5, 0.6) is 0 Å². The van der Waals surface area contributed by atoms with Crippen LogP contribution in [0.3, 0.4) is 0 Å². The van der Waals surface area contributed by atoms with Crippen molar-refractivity contribution in [1.82, 2.24) is 5.32 Å². The van der Waals surface area contributed by atoms with E-state index < -0.39 is 6.10 Å². The molecule has 0 saturated carbocycles. The van der Waals surface area contributed by atoms with Gasteiger partial charge >= 0.3 is 0 Å². The second-order valence-corrected chi connectivity index (χ2v) is 3.91. The van der Waals surface area contributed by atoms with E-state index in [0.717, 1.165) is 11.8 Å². The fraction of sp³-hybridized carbons (Fsp3) is 0.750. The van der Waals surface area contributed by atoms with Crippen LogP contribution in [0.2, 0.25) is 0 Å². The van der Waals surface area contributed by atoms with Crippen LogP contribution >= 0.6 is 11.8 Å². The van der Waals surface area contributed by atoms with Crippen LogP contribution in [-0.2, 0) is 9.59 Å². The average Bonchev–Trinajstić information content (AvgIpc) is 1.96. The summed E-state index contributed by atoms with van der Waals surface area (Å²) < 4.78 is 0. The van der Waals surface area contributed by atoms with E-state index in [1.165, 1.54) is 6.92 Å².